The molecule has 0 fully saturated rings. The highest BCUT2D eigenvalue weighted by Gasteiger charge is 2.30. The maximum Gasteiger partial charge on any atom is 0.106 e. The molecule has 3 rings (SSSR count). The van der Waals surface area contributed by atoms with Gasteiger partial charge in [0, 0.05) is 23.5 Å². The average Bonchev–Trinajstić information content (AvgIpc) is 3.08. The van der Waals surface area contributed by atoms with Gasteiger partial charge in [0.1, 0.15) is 7.11 Å². The van der Waals surface area contributed by atoms with Crippen molar-refractivity contribution in [3.05, 3.63) is 33.5 Å². The normalized spacial score (nSPS) is 23.2. The Bertz CT molecular complexity index is 589. The lowest BCUT2D eigenvalue weighted by molar-refractivity contribution is 0.141. The standard InChI is InChI=1S/C20H30N2OS/c1-15(2)22(12-11-18-7-5-13-24-18)17-9-10-19-16(14-17)6-4-8-20(19)21-23-3/h5,7,13,15,17H,4,6,8-12,14H2,1-3H3. The van der Waals surface area contributed by atoms with E-state index in [2.05, 4.69) is 41.4 Å². The number of rotatable bonds is 6. The Morgan fingerprint density at radius 2 is 2.21 bits per heavy atom. The third kappa shape index (κ3) is 4.09. The fraction of sp³-hybridized carbons (Fsp3) is 0.650. The minimum absolute atomic E-state index is 0.604. The maximum absolute atomic E-state index is 5.07. The van der Waals surface area contributed by atoms with E-state index in [-0.39, 0.29) is 0 Å². The maximum atomic E-state index is 5.07. The second-order valence-electron chi connectivity index (χ2n) is 7.21. The summed E-state index contributed by atoms with van der Waals surface area (Å²) in [7, 11) is 1.67. The van der Waals surface area contributed by atoms with Crippen LogP contribution in [-0.2, 0) is 11.3 Å². The van der Waals surface area contributed by atoms with Gasteiger partial charge in [-0.25, -0.2) is 0 Å². The van der Waals surface area contributed by atoms with Crippen LogP contribution in [0, 0.1) is 0 Å². The largest absolute Gasteiger partial charge is 0.399 e. The molecule has 0 bridgehead atoms. The molecule has 1 heterocycles. The van der Waals surface area contributed by atoms with Crippen molar-refractivity contribution >= 4 is 17.0 Å². The molecule has 4 heteroatoms. The highest BCUT2D eigenvalue weighted by molar-refractivity contribution is 7.09. The van der Waals surface area contributed by atoms with Crippen LogP contribution in [0.25, 0.3) is 0 Å². The van der Waals surface area contributed by atoms with Crippen LogP contribution in [0.15, 0.2) is 33.8 Å². The first-order chi connectivity index (χ1) is 11.7. The highest BCUT2D eigenvalue weighted by atomic mass is 32.1. The fourth-order valence-corrected chi connectivity index (χ4v) is 4.97. The van der Waals surface area contributed by atoms with Crippen molar-refractivity contribution in [3.63, 3.8) is 0 Å². The molecule has 0 spiro atoms. The Balaban J connectivity index is 1.68. The minimum Gasteiger partial charge on any atom is -0.399 e. The van der Waals surface area contributed by atoms with E-state index in [0.29, 0.717) is 12.1 Å². The second kappa shape index (κ2) is 8.30. The number of nitrogens with zero attached hydrogens (tertiary/aromatic N) is 2. The van der Waals surface area contributed by atoms with Crippen molar-refractivity contribution in [2.45, 2.75) is 70.9 Å². The molecule has 2 aliphatic rings. The Morgan fingerprint density at radius 3 is 2.92 bits per heavy atom. The van der Waals surface area contributed by atoms with Crippen LogP contribution < -0.4 is 0 Å². The molecule has 132 valence electrons. The molecule has 1 unspecified atom stereocenters. The van der Waals surface area contributed by atoms with Gasteiger partial charge in [0.2, 0.25) is 0 Å². The molecule has 1 aromatic rings. The molecule has 1 atom stereocenters. The number of thiophene rings is 1. The Hall–Kier alpha value is -1.13. The molecule has 24 heavy (non-hydrogen) atoms. The van der Waals surface area contributed by atoms with E-state index in [1.807, 2.05) is 11.3 Å². The lowest BCUT2D eigenvalue weighted by Crippen LogP contribution is -2.43. The second-order valence-corrected chi connectivity index (χ2v) is 8.25. The Morgan fingerprint density at radius 1 is 1.33 bits per heavy atom. The van der Waals surface area contributed by atoms with Crippen LogP contribution in [0.3, 0.4) is 0 Å². The fourth-order valence-electron chi connectivity index (χ4n) is 4.27. The molecule has 2 aliphatic carbocycles. The lowest BCUT2D eigenvalue weighted by atomic mass is 9.78. The highest BCUT2D eigenvalue weighted by Crippen LogP contribution is 2.36. The molecule has 0 amide bonds. The van der Waals surface area contributed by atoms with Gasteiger partial charge in [-0.1, -0.05) is 16.8 Å². The van der Waals surface area contributed by atoms with E-state index in [0.717, 1.165) is 6.42 Å². The van der Waals surface area contributed by atoms with Crippen LogP contribution in [0.2, 0.25) is 0 Å². The monoisotopic (exact) mass is 346 g/mol. The predicted molar refractivity (Wildman–Crippen MR) is 103 cm³/mol. The molecule has 0 saturated heterocycles. The van der Waals surface area contributed by atoms with Gasteiger partial charge in [-0.05, 0) is 75.8 Å². The van der Waals surface area contributed by atoms with Crippen molar-refractivity contribution in [3.8, 4) is 0 Å². The molecule has 0 N–H and O–H groups in total. The smallest absolute Gasteiger partial charge is 0.106 e. The zero-order chi connectivity index (χ0) is 16.9. The van der Waals surface area contributed by atoms with Gasteiger partial charge < -0.3 is 4.84 Å². The van der Waals surface area contributed by atoms with E-state index < -0.39 is 0 Å². The van der Waals surface area contributed by atoms with Gasteiger partial charge in [-0.15, -0.1) is 11.3 Å². The summed E-state index contributed by atoms with van der Waals surface area (Å²) in [4.78, 5) is 9.30. The van der Waals surface area contributed by atoms with Gasteiger partial charge in [0.05, 0.1) is 5.71 Å². The molecule has 0 saturated carbocycles. The van der Waals surface area contributed by atoms with E-state index in [1.165, 1.54) is 61.2 Å². The summed E-state index contributed by atoms with van der Waals surface area (Å²) >= 11 is 1.88. The first kappa shape index (κ1) is 17.7. The summed E-state index contributed by atoms with van der Waals surface area (Å²) in [5.74, 6) is 0. The molecule has 1 aromatic heterocycles. The summed E-state index contributed by atoms with van der Waals surface area (Å²) in [5, 5.41) is 6.48. The van der Waals surface area contributed by atoms with Crippen molar-refractivity contribution in [2.24, 2.45) is 5.16 Å². The van der Waals surface area contributed by atoms with Gasteiger partial charge in [0.25, 0.3) is 0 Å². The van der Waals surface area contributed by atoms with Gasteiger partial charge in [-0.3, -0.25) is 4.90 Å². The van der Waals surface area contributed by atoms with Gasteiger partial charge in [-0.2, -0.15) is 0 Å². The number of allylic oxidation sites excluding steroid dienone is 1. The van der Waals surface area contributed by atoms with E-state index in [4.69, 9.17) is 4.84 Å². The Labute approximate surface area is 150 Å². The van der Waals surface area contributed by atoms with E-state index >= 15 is 0 Å². The van der Waals surface area contributed by atoms with Crippen LogP contribution in [0.5, 0.6) is 0 Å². The zero-order valence-electron chi connectivity index (χ0n) is 15.3. The average molecular weight is 347 g/mol. The summed E-state index contributed by atoms with van der Waals surface area (Å²) in [6, 6.07) is 5.72. The van der Waals surface area contributed by atoms with Crippen LogP contribution >= 0.6 is 11.3 Å². The van der Waals surface area contributed by atoms with Gasteiger partial charge in [0.15, 0.2) is 0 Å². The molecule has 0 aromatic carbocycles. The first-order valence-corrected chi connectivity index (χ1v) is 10.2. The number of hydrogen-bond acceptors (Lipinski definition) is 4. The number of hydrogen-bond donors (Lipinski definition) is 0. The van der Waals surface area contributed by atoms with Crippen LogP contribution in [-0.4, -0.2) is 36.3 Å². The van der Waals surface area contributed by atoms with Crippen molar-refractivity contribution in [1.29, 1.82) is 0 Å². The third-order valence-electron chi connectivity index (χ3n) is 5.41. The lowest BCUT2D eigenvalue weighted by Gasteiger charge is -2.40. The topological polar surface area (TPSA) is 24.8 Å². The zero-order valence-corrected chi connectivity index (χ0v) is 16.1. The van der Waals surface area contributed by atoms with Gasteiger partial charge >= 0.3 is 0 Å². The summed E-state index contributed by atoms with van der Waals surface area (Å²) in [6.45, 7) is 5.86. The van der Waals surface area contributed by atoms with Crippen molar-refractivity contribution < 1.29 is 4.84 Å². The molecule has 0 radical (unpaired) electrons. The predicted octanol–water partition coefficient (Wildman–Crippen LogP) is 5.04. The Kier molecular flexibility index (Phi) is 6.12. The molecular formula is C20H30N2OS. The SMILES string of the molecule is CON=C1CCCC2=C1CCC(N(CCc1cccs1)C(C)C)C2. The quantitative estimate of drug-likeness (QED) is 0.674. The third-order valence-corrected chi connectivity index (χ3v) is 6.34. The minimum atomic E-state index is 0.604. The van der Waals surface area contributed by atoms with E-state index in [1.54, 1.807) is 12.7 Å². The summed E-state index contributed by atoms with van der Waals surface area (Å²) < 4.78 is 0. The molecular weight excluding hydrogens is 316 g/mol. The summed E-state index contributed by atoms with van der Waals surface area (Å²) in [5.41, 5.74) is 4.38. The van der Waals surface area contributed by atoms with Crippen molar-refractivity contribution in [2.75, 3.05) is 13.7 Å². The first-order valence-electron chi connectivity index (χ1n) is 9.28. The van der Waals surface area contributed by atoms with Crippen LogP contribution in [0.1, 0.15) is 57.2 Å². The van der Waals surface area contributed by atoms with Crippen LogP contribution in [0.4, 0.5) is 0 Å². The van der Waals surface area contributed by atoms with Crippen molar-refractivity contribution in [1.82, 2.24) is 4.90 Å². The molecule has 0 aliphatic heterocycles. The summed E-state index contributed by atoms with van der Waals surface area (Å²) in [6.07, 6.45) is 8.39. The molecule has 3 nitrogen and oxygen atoms in total. The number of oxime groups is 1. The van der Waals surface area contributed by atoms with E-state index in [9.17, 15) is 0 Å².